The minimum absolute atomic E-state index is 0.0882. The summed E-state index contributed by atoms with van der Waals surface area (Å²) in [5.41, 5.74) is 4.01. The molecule has 0 heterocycles. The highest BCUT2D eigenvalue weighted by molar-refractivity contribution is 6.37. The molecular weight excluding hydrogens is 307 g/mol. The fourth-order valence-electron chi connectivity index (χ4n) is 2.34. The van der Waals surface area contributed by atoms with Crippen molar-refractivity contribution < 1.29 is 9.90 Å². The number of Topliss-reactive ketones (excluding diaryl/α,β-unsaturated/α-hetero) is 1. The van der Waals surface area contributed by atoms with Crippen LogP contribution in [0.25, 0.3) is 0 Å². The SMILES string of the molecule is Cc1cccc(C)c1CC(=O)Cc1cc(Cl)c(O)c(Cl)c1. The second-order valence-corrected chi connectivity index (χ2v) is 5.99. The summed E-state index contributed by atoms with van der Waals surface area (Å²) in [6, 6.07) is 9.14. The van der Waals surface area contributed by atoms with E-state index in [4.69, 9.17) is 23.2 Å². The second kappa shape index (κ2) is 6.50. The van der Waals surface area contributed by atoms with Crippen molar-refractivity contribution in [3.05, 3.63) is 62.6 Å². The van der Waals surface area contributed by atoms with Gasteiger partial charge in [0.1, 0.15) is 5.78 Å². The molecule has 0 saturated carbocycles. The van der Waals surface area contributed by atoms with Gasteiger partial charge in [-0.05, 0) is 48.2 Å². The summed E-state index contributed by atoms with van der Waals surface area (Å²) in [5, 5.41) is 9.85. The highest BCUT2D eigenvalue weighted by atomic mass is 35.5. The zero-order valence-electron chi connectivity index (χ0n) is 11.9. The molecule has 4 heteroatoms. The normalized spacial score (nSPS) is 10.7. The zero-order valence-corrected chi connectivity index (χ0v) is 13.4. The third-order valence-electron chi connectivity index (χ3n) is 3.50. The molecule has 0 radical (unpaired) electrons. The molecule has 0 fully saturated rings. The molecule has 0 aromatic heterocycles. The molecule has 0 aliphatic carbocycles. The summed E-state index contributed by atoms with van der Waals surface area (Å²) < 4.78 is 0. The van der Waals surface area contributed by atoms with Crippen molar-refractivity contribution in [2.75, 3.05) is 0 Å². The number of halogens is 2. The Kier molecular flexibility index (Phi) is 4.92. The average Bonchev–Trinajstić information content (AvgIpc) is 2.40. The van der Waals surface area contributed by atoms with Crippen molar-refractivity contribution in [1.82, 2.24) is 0 Å². The predicted molar refractivity (Wildman–Crippen MR) is 86.5 cm³/mol. The van der Waals surface area contributed by atoms with Gasteiger partial charge in [0.2, 0.25) is 0 Å². The first-order valence-electron chi connectivity index (χ1n) is 6.62. The van der Waals surface area contributed by atoms with Crippen LogP contribution < -0.4 is 0 Å². The third-order valence-corrected chi connectivity index (χ3v) is 4.07. The second-order valence-electron chi connectivity index (χ2n) is 5.17. The first kappa shape index (κ1) is 15.9. The van der Waals surface area contributed by atoms with Gasteiger partial charge in [0, 0.05) is 12.8 Å². The fourth-order valence-corrected chi connectivity index (χ4v) is 2.87. The summed E-state index contributed by atoms with van der Waals surface area (Å²) in [5.74, 6) is -0.0606. The van der Waals surface area contributed by atoms with E-state index < -0.39 is 0 Å². The molecule has 2 aromatic carbocycles. The number of aryl methyl sites for hydroxylation is 2. The maximum atomic E-state index is 12.2. The Bertz CT molecular complexity index is 650. The Hall–Kier alpha value is -1.51. The van der Waals surface area contributed by atoms with Crippen LogP contribution in [0.4, 0.5) is 0 Å². The number of phenols is 1. The van der Waals surface area contributed by atoms with Gasteiger partial charge in [0.05, 0.1) is 10.0 Å². The van der Waals surface area contributed by atoms with Crippen molar-refractivity contribution in [2.24, 2.45) is 0 Å². The summed E-state index contributed by atoms with van der Waals surface area (Å²) in [6.07, 6.45) is 0.627. The van der Waals surface area contributed by atoms with E-state index >= 15 is 0 Å². The van der Waals surface area contributed by atoms with Crippen LogP contribution >= 0.6 is 23.2 Å². The van der Waals surface area contributed by atoms with E-state index in [1.807, 2.05) is 32.0 Å². The fraction of sp³-hybridized carbons (Fsp3) is 0.235. The number of ketones is 1. The highest BCUT2D eigenvalue weighted by Gasteiger charge is 2.12. The van der Waals surface area contributed by atoms with Gasteiger partial charge in [0.15, 0.2) is 5.75 Å². The number of carbonyl (C=O) groups is 1. The minimum Gasteiger partial charge on any atom is -0.505 e. The number of phenolic OH excluding ortho intramolecular Hbond substituents is 1. The molecule has 2 rings (SSSR count). The monoisotopic (exact) mass is 322 g/mol. The number of aromatic hydroxyl groups is 1. The zero-order chi connectivity index (χ0) is 15.6. The molecular formula is C17H16Cl2O2. The topological polar surface area (TPSA) is 37.3 Å². The molecule has 0 spiro atoms. The van der Waals surface area contributed by atoms with Gasteiger partial charge < -0.3 is 5.11 Å². The maximum Gasteiger partial charge on any atom is 0.152 e. The van der Waals surface area contributed by atoms with Crippen molar-refractivity contribution in [1.29, 1.82) is 0 Å². The molecule has 0 saturated heterocycles. The van der Waals surface area contributed by atoms with E-state index in [2.05, 4.69) is 0 Å². The minimum atomic E-state index is -0.149. The van der Waals surface area contributed by atoms with Crippen LogP contribution in [0.15, 0.2) is 30.3 Å². The summed E-state index contributed by atoms with van der Waals surface area (Å²) in [7, 11) is 0. The highest BCUT2D eigenvalue weighted by Crippen LogP contribution is 2.33. The largest absolute Gasteiger partial charge is 0.505 e. The van der Waals surface area contributed by atoms with Gasteiger partial charge in [-0.2, -0.15) is 0 Å². The number of carbonyl (C=O) groups excluding carboxylic acids is 1. The van der Waals surface area contributed by atoms with Gasteiger partial charge >= 0.3 is 0 Å². The molecule has 0 bridgehead atoms. The van der Waals surface area contributed by atoms with Crippen molar-refractivity contribution in [3.8, 4) is 5.75 Å². The van der Waals surface area contributed by atoms with Crippen LogP contribution in [0.5, 0.6) is 5.75 Å². The Morgan fingerprint density at radius 3 is 2.10 bits per heavy atom. The predicted octanol–water partition coefficient (Wildman–Crippen LogP) is 4.67. The van der Waals surface area contributed by atoms with E-state index in [0.29, 0.717) is 12.0 Å². The Labute approximate surface area is 134 Å². The molecule has 0 atom stereocenters. The molecule has 0 amide bonds. The van der Waals surface area contributed by atoms with Gasteiger partial charge in [-0.1, -0.05) is 41.4 Å². The lowest BCUT2D eigenvalue weighted by atomic mass is 9.96. The lowest BCUT2D eigenvalue weighted by molar-refractivity contribution is -0.117. The molecule has 1 N–H and O–H groups in total. The van der Waals surface area contributed by atoms with Crippen LogP contribution in [0.1, 0.15) is 22.3 Å². The average molecular weight is 323 g/mol. The van der Waals surface area contributed by atoms with Crippen molar-refractivity contribution >= 4 is 29.0 Å². The molecule has 0 aliphatic heterocycles. The number of rotatable bonds is 4. The summed E-state index contributed by atoms with van der Waals surface area (Å²) >= 11 is 11.7. The van der Waals surface area contributed by atoms with E-state index in [1.54, 1.807) is 12.1 Å². The Morgan fingerprint density at radius 1 is 1.05 bits per heavy atom. The molecule has 2 aromatic rings. The van der Waals surface area contributed by atoms with Gasteiger partial charge in [-0.15, -0.1) is 0 Å². The molecule has 0 unspecified atom stereocenters. The summed E-state index contributed by atoms with van der Waals surface area (Å²) in [6.45, 7) is 4.01. The molecule has 21 heavy (non-hydrogen) atoms. The van der Waals surface area contributed by atoms with Gasteiger partial charge in [-0.25, -0.2) is 0 Å². The van der Waals surface area contributed by atoms with Gasteiger partial charge in [0.25, 0.3) is 0 Å². The van der Waals surface area contributed by atoms with Crippen molar-refractivity contribution in [3.63, 3.8) is 0 Å². The van der Waals surface area contributed by atoms with Crippen LogP contribution in [0.3, 0.4) is 0 Å². The van der Waals surface area contributed by atoms with E-state index in [-0.39, 0.29) is 28.0 Å². The quantitative estimate of drug-likeness (QED) is 0.888. The van der Waals surface area contributed by atoms with Crippen LogP contribution in [0, 0.1) is 13.8 Å². The number of hydrogen-bond acceptors (Lipinski definition) is 2. The molecule has 2 nitrogen and oxygen atoms in total. The molecule has 110 valence electrons. The molecule has 0 aliphatic rings. The van der Waals surface area contributed by atoms with Crippen LogP contribution in [0.2, 0.25) is 10.0 Å². The Morgan fingerprint density at radius 2 is 1.57 bits per heavy atom. The van der Waals surface area contributed by atoms with Gasteiger partial charge in [-0.3, -0.25) is 4.79 Å². The number of benzene rings is 2. The lowest BCUT2D eigenvalue weighted by Crippen LogP contribution is -2.09. The van der Waals surface area contributed by atoms with Crippen LogP contribution in [-0.4, -0.2) is 10.9 Å². The third kappa shape index (κ3) is 3.78. The smallest absolute Gasteiger partial charge is 0.152 e. The maximum absolute atomic E-state index is 12.2. The Balaban J connectivity index is 2.16. The van der Waals surface area contributed by atoms with Crippen molar-refractivity contribution in [2.45, 2.75) is 26.7 Å². The summed E-state index contributed by atoms with van der Waals surface area (Å²) in [4.78, 5) is 12.2. The standard InChI is InChI=1S/C17H16Cl2O2/c1-10-4-3-5-11(2)14(10)9-13(20)6-12-7-15(18)17(21)16(19)8-12/h3-5,7-8,21H,6,9H2,1-2H3. The lowest BCUT2D eigenvalue weighted by Gasteiger charge is -2.09. The first-order valence-corrected chi connectivity index (χ1v) is 7.37. The van der Waals surface area contributed by atoms with E-state index in [1.165, 1.54) is 0 Å². The van der Waals surface area contributed by atoms with E-state index in [9.17, 15) is 9.90 Å². The number of hydrogen-bond donors (Lipinski definition) is 1. The van der Waals surface area contributed by atoms with E-state index in [0.717, 1.165) is 16.7 Å². The van der Waals surface area contributed by atoms with Crippen LogP contribution in [-0.2, 0) is 17.6 Å². The first-order chi connectivity index (χ1) is 9.88.